The Morgan fingerprint density at radius 2 is 1.92 bits per heavy atom. The first-order chi connectivity index (χ1) is 12.4. The molecule has 0 aliphatic carbocycles. The number of methoxy groups -OCH3 is 1. The number of rotatable bonds is 6. The van der Waals surface area contributed by atoms with Gasteiger partial charge in [-0.1, -0.05) is 6.07 Å². The number of hydrogen-bond acceptors (Lipinski definition) is 6. The highest BCUT2D eigenvalue weighted by Crippen LogP contribution is 2.19. The van der Waals surface area contributed by atoms with Crippen LogP contribution in [0.3, 0.4) is 0 Å². The molecule has 0 unspecified atom stereocenters. The molecule has 1 fully saturated rings. The molecule has 0 N–H and O–H groups in total. The maximum atomic E-state index is 12.1. The molecule has 1 aromatic carbocycles. The Bertz CT molecular complexity index is 670. The number of benzene rings is 1. The lowest BCUT2D eigenvalue weighted by Gasteiger charge is -2.28. The minimum Gasteiger partial charge on any atom is -0.496 e. The van der Waals surface area contributed by atoms with Crippen molar-refractivity contribution in [2.45, 2.75) is 6.92 Å². The van der Waals surface area contributed by atoms with E-state index in [9.17, 15) is 14.4 Å². The number of esters is 1. The van der Waals surface area contributed by atoms with Gasteiger partial charge in [0.05, 0.1) is 32.4 Å². The highest BCUT2D eigenvalue weighted by atomic mass is 16.5. The van der Waals surface area contributed by atoms with Gasteiger partial charge in [-0.2, -0.15) is 0 Å². The van der Waals surface area contributed by atoms with Crippen molar-refractivity contribution in [1.29, 1.82) is 0 Å². The molecule has 0 aromatic heterocycles. The summed E-state index contributed by atoms with van der Waals surface area (Å²) in [7, 11) is 3.02. The third-order valence-electron chi connectivity index (χ3n) is 4.13. The molecule has 2 amide bonds. The number of morpholine rings is 1. The molecule has 8 heteroatoms. The van der Waals surface area contributed by atoms with Gasteiger partial charge in [0, 0.05) is 20.1 Å². The molecule has 0 spiro atoms. The summed E-state index contributed by atoms with van der Waals surface area (Å²) in [5, 5.41) is 0. The minimum atomic E-state index is -0.621. The number of ether oxygens (including phenoxy) is 3. The molecule has 0 bridgehead atoms. The maximum absolute atomic E-state index is 12.1. The second kappa shape index (κ2) is 9.19. The van der Waals surface area contributed by atoms with E-state index < -0.39 is 18.5 Å². The topological polar surface area (TPSA) is 85.4 Å². The fourth-order valence-corrected chi connectivity index (χ4v) is 2.47. The summed E-state index contributed by atoms with van der Waals surface area (Å²) in [5.41, 5.74) is 1.19. The van der Waals surface area contributed by atoms with Crippen molar-refractivity contribution in [2.24, 2.45) is 0 Å². The molecule has 2 rings (SSSR count). The van der Waals surface area contributed by atoms with Crippen LogP contribution in [-0.4, -0.2) is 81.2 Å². The molecule has 1 saturated heterocycles. The first-order valence-electron chi connectivity index (χ1n) is 8.33. The largest absolute Gasteiger partial charge is 0.496 e. The molecular weight excluding hydrogens is 340 g/mol. The normalized spacial score (nSPS) is 13.9. The molecule has 0 radical (unpaired) electrons. The first kappa shape index (κ1) is 19.7. The fourth-order valence-electron chi connectivity index (χ4n) is 2.47. The Kier molecular flexibility index (Phi) is 6.97. The third-order valence-corrected chi connectivity index (χ3v) is 4.13. The second-order valence-corrected chi connectivity index (χ2v) is 6.00. The van der Waals surface area contributed by atoms with Crippen LogP contribution in [0.2, 0.25) is 0 Å². The van der Waals surface area contributed by atoms with Crippen LogP contribution >= 0.6 is 0 Å². The smallest absolute Gasteiger partial charge is 0.338 e. The lowest BCUT2D eigenvalue weighted by atomic mass is 10.1. The van der Waals surface area contributed by atoms with Gasteiger partial charge >= 0.3 is 5.97 Å². The molecule has 8 nitrogen and oxygen atoms in total. The molecule has 0 saturated carbocycles. The van der Waals surface area contributed by atoms with Crippen molar-refractivity contribution in [3.05, 3.63) is 29.3 Å². The third kappa shape index (κ3) is 5.19. The van der Waals surface area contributed by atoms with Crippen LogP contribution in [0.25, 0.3) is 0 Å². The average molecular weight is 364 g/mol. The summed E-state index contributed by atoms with van der Waals surface area (Å²) in [6.07, 6.45) is 0. The van der Waals surface area contributed by atoms with E-state index in [0.29, 0.717) is 37.6 Å². The zero-order valence-electron chi connectivity index (χ0n) is 15.3. The average Bonchev–Trinajstić information content (AvgIpc) is 2.66. The summed E-state index contributed by atoms with van der Waals surface area (Å²) in [4.78, 5) is 39.2. The van der Waals surface area contributed by atoms with Crippen molar-refractivity contribution >= 4 is 17.8 Å². The highest BCUT2D eigenvalue weighted by molar-refractivity contribution is 5.92. The maximum Gasteiger partial charge on any atom is 0.338 e. The van der Waals surface area contributed by atoms with E-state index >= 15 is 0 Å². The summed E-state index contributed by atoms with van der Waals surface area (Å²) in [6.45, 7) is 3.41. The molecule has 0 atom stereocenters. The molecule has 1 aliphatic rings. The Morgan fingerprint density at radius 3 is 2.58 bits per heavy atom. The van der Waals surface area contributed by atoms with Crippen molar-refractivity contribution in [2.75, 3.05) is 53.6 Å². The van der Waals surface area contributed by atoms with Crippen LogP contribution < -0.4 is 4.74 Å². The molecule has 1 aromatic rings. The Hall–Kier alpha value is -2.61. The van der Waals surface area contributed by atoms with Gasteiger partial charge in [0.15, 0.2) is 6.61 Å². The number of likely N-dealkylation sites (N-methyl/N-ethyl adjacent to an activating group) is 1. The number of hydrogen-bond donors (Lipinski definition) is 0. The van der Waals surface area contributed by atoms with Gasteiger partial charge in [0.1, 0.15) is 5.75 Å². The standard InChI is InChI=1S/C18H24N2O6/c1-13-4-5-14(10-15(13)24-3)18(23)26-12-17(22)19(2)11-16(21)20-6-8-25-9-7-20/h4-5,10H,6-9,11-12H2,1-3H3. The summed E-state index contributed by atoms with van der Waals surface area (Å²) in [5.74, 6) is -0.652. The number of nitrogens with zero attached hydrogens (tertiary/aromatic N) is 2. The monoisotopic (exact) mass is 364 g/mol. The minimum absolute atomic E-state index is 0.0608. The Labute approximate surface area is 152 Å². The van der Waals surface area contributed by atoms with Gasteiger partial charge in [-0.05, 0) is 24.6 Å². The summed E-state index contributed by atoms with van der Waals surface area (Å²) >= 11 is 0. The second-order valence-electron chi connectivity index (χ2n) is 6.00. The van der Waals surface area contributed by atoms with Crippen LogP contribution in [0.15, 0.2) is 18.2 Å². The van der Waals surface area contributed by atoms with Gasteiger partial charge in [-0.25, -0.2) is 4.79 Å². The fraction of sp³-hybridized carbons (Fsp3) is 0.500. The van der Waals surface area contributed by atoms with Crippen LogP contribution in [-0.2, 0) is 19.1 Å². The SMILES string of the molecule is COc1cc(C(=O)OCC(=O)N(C)CC(=O)N2CCOCC2)ccc1C. The predicted octanol–water partition coefficient (Wildman–Crippen LogP) is 0.478. The van der Waals surface area contributed by atoms with E-state index in [0.717, 1.165) is 5.56 Å². The number of carbonyl (C=O) groups excluding carboxylic acids is 3. The van der Waals surface area contributed by atoms with Gasteiger partial charge < -0.3 is 24.0 Å². The van der Waals surface area contributed by atoms with E-state index in [1.165, 1.54) is 19.1 Å². The van der Waals surface area contributed by atoms with Crippen LogP contribution in [0, 0.1) is 6.92 Å². The van der Waals surface area contributed by atoms with Crippen LogP contribution in [0.4, 0.5) is 0 Å². The molecular formula is C18H24N2O6. The molecule has 26 heavy (non-hydrogen) atoms. The Morgan fingerprint density at radius 1 is 1.23 bits per heavy atom. The molecule has 142 valence electrons. The number of amides is 2. The highest BCUT2D eigenvalue weighted by Gasteiger charge is 2.21. The van der Waals surface area contributed by atoms with Gasteiger partial charge in [0.2, 0.25) is 5.91 Å². The first-order valence-corrected chi connectivity index (χ1v) is 8.33. The van der Waals surface area contributed by atoms with Crippen LogP contribution in [0.1, 0.15) is 15.9 Å². The van der Waals surface area contributed by atoms with Crippen molar-refractivity contribution < 1.29 is 28.6 Å². The van der Waals surface area contributed by atoms with E-state index in [2.05, 4.69) is 0 Å². The number of carbonyl (C=O) groups is 3. The van der Waals surface area contributed by atoms with E-state index in [1.54, 1.807) is 23.1 Å². The number of aryl methyl sites for hydroxylation is 1. The van der Waals surface area contributed by atoms with Crippen molar-refractivity contribution in [1.82, 2.24) is 9.80 Å². The quantitative estimate of drug-likeness (QED) is 0.683. The van der Waals surface area contributed by atoms with E-state index in [4.69, 9.17) is 14.2 Å². The molecule has 1 aliphatic heterocycles. The zero-order chi connectivity index (χ0) is 19.1. The van der Waals surface area contributed by atoms with Crippen molar-refractivity contribution in [3.8, 4) is 5.75 Å². The van der Waals surface area contributed by atoms with E-state index in [-0.39, 0.29) is 12.5 Å². The van der Waals surface area contributed by atoms with Gasteiger partial charge in [-0.15, -0.1) is 0 Å². The van der Waals surface area contributed by atoms with Crippen LogP contribution in [0.5, 0.6) is 5.75 Å². The Balaban J connectivity index is 1.83. The molecule has 1 heterocycles. The van der Waals surface area contributed by atoms with E-state index in [1.807, 2.05) is 6.92 Å². The van der Waals surface area contributed by atoms with Crippen molar-refractivity contribution in [3.63, 3.8) is 0 Å². The zero-order valence-corrected chi connectivity index (χ0v) is 15.3. The lowest BCUT2D eigenvalue weighted by Crippen LogP contribution is -2.46. The predicted molar refractivity (Wildman–Crippen MR) is 93.0 cm³/mol. The summed E-state index contributed by atoms with van der Waals surface area (Å²) in [6, 6.07) is 4.91. The van der Waals surface area contributed by atoms with Gasteiger partial charge in [-0.3, -0.25) is 9.59 Å². The lowest BCUT2D eigenvalue weighted by molar-refractivity contribution is -0.143. The summed E-state index contributed by atoms with van der Waals surface area (Å²) < 4.78 is 15.4. The van der Waals surface area contributed by atoms with Gasteiger partial charge in [0.25, 0.3) is 5.91 Å².